The van der Waals surface area contributed by atoms with Gasteiger partial charge in [-0.05, 0) is 19.1 Å². The topological polar surface area (TPSA) is 52.3 Å². The molecule has 1 aromatic rings. The molecule has 14 heavy (non-hydrogen) atoms. The third-order valence-electron chi connectivity index (χ3n) is 1.69. The average molecular weight is 234 g/mol. The Morgan fingerprint density at radius 1 is 1.50 bits per heavy atom. The number of amides is 1. The number of primary amides is 1. The summed E-state index contributed by atoms with van der Waals surface area (Å²) in [7, 11) is 0. The molecule has 0 aromatic heterocycles. The highest BCUT2D eigenvalue weighted by Crippen LogP contribution is 2.27. The highest BCUT2D eigenvalue weighted by atomic mass is 35.5. The molecule has 76 valence electrons. The molecule has 0 bridgehead atoms. The van der Waals surface area contributed by atoms with Crippen LogP contribution in [0.5, 0.6) is 0 Å². The van der Waals surface area contributed by atoms with Crippen molar-refractivity contribution in [2.45, 2.75) is 13.0 Å². The summed E-state index contributed by atoms with van der Waals surface area (Å²) in [6.07, 6.45) is -1.30. The summed E-state index contributed by atoms with van der Waals surface area (Å²) in [4.78, 5) is 10.5. The molecule has 1 unspecified atom stereocenters. The molecule has 0 radical (unpaired) electrons. The summed E-state index contributed by atoms with van der Waals surface area (Å²) < 4.78 is 4.77. The van der Waals surface area contributed by atoms with E-state index in [0.29, 0.717) is 15.6 Å². The smallest absolute Gasteiger partial charge is 0.405 e. The number of halogens is 2. The van der Waals surface area contributed by atoms with E-state index in [1.807, 2.05) is 0 Å². The highest BCUT2D eigenvalue weighted by Gasteiger charge is 2.12. The van der Waals surface area contributed by atoms with Crippen molar-refractivity contribution in [2.24, 2.45) is 5.73 Å². The minimum Gasteiger partial charge on any atom is -0.442 e. The number of ether oxygens (including phenoxy) is 1. The van der Waals surface area contributed by atoms with Crippen molar-refractivity contribution in [2.75, 3.05) is 0 Å². The summed E-state index contributed by atoms with van der Waals surface area (Å²) >= 11 is 11.6. The minimum atomic E-state index is -0.830. The first-order valence-corrected chi connectivity index (χ1v) is 4.67. The van der Waals surface area contributed by atoms with Gasteiger partial charge in [0.15, 0.2) is 0 Å². The van der Waals surface area contributed by atoms with Crippen LogP contribution in [-0.2, 0) is 4.74 Å². The second-order valence-corrected chi connectivity index (χ2v) is 3.59. The molecular formula is C9H9Cl2NO2. The Labute approximate surface area is 91.7 Å². The SMILES string of the molecule is CC(OC(N)=O)c1ccc(Cl)cc1Cl. The van der Waals surface area contributed by atoms with Gasteiger partial charge >= 0.3 is 6.09 Å². The first-order chi connectivity index (χ1) is 6.50. The van der Waals surface area contributed by atoms with Crippen LogP contribution in [0, 0.1) is 0 Å². The Bertz CT molecular complexity index is 355. The number of benzene rings is 1. The van der Waals surface area contributed by atoms with Crippen LogP contribution in [0.4, 0.5) is 4.79 Å². The number of carbonyl (C=O) groups is 1. The normalized spacial score (nSPS) is 12.2. The lowest BCUT2D eigenvalue weighted by Crippen LogP contribution is -2.15. The molecule has 3 nitrogen and oxygen atoms in total. The molecule has 0 aliphatic heterocycles. The Hall–Kier alpha value is -0.930. The Balaban J connectivity index is 2.90. The van der Waals surface area contributed by atoms with Gasteiger partial charge in [0.2, 0.25) is 0 Å². The van der Waals surface area contributed by atoms with Crippen LogP contribution in [0.2, 0.25) is 10.0 Å². The van der Waals surface area contributed by atoms with Crippen LogP contribution < -0.4 is 5.73 Å². The van der Waals surface area contributed by atoms with Gasteiger partial charge in [-0.3, -0.25) is 0 Å². The van der Waals surface area contributed by atoms with E-state index in [2.05, 4.69) is 0 Å². The van der Waals surface area contributed by atoms with E-state index in [0.717, 1.165) is 0 Å². The van der Waals surface area contributed by atoms with E-state index in [4.69, 9.17) is 33.7 Å². The molecule has 1 amide bonds. The number of rotatable bonds is 2. The second kappa shape index (κ2) is 4.53. The Kier molecular flexibility index (Phi) is 3.61. The number of hydrogen-bond donors (Lipinski definition) is 1. The molecule has 1 atom stereocenters. The van der Waals surface area contributed by atoms with Crippen LogP contribution in [0.1, 0.15) is 18.6 Å². The maximum Gasteiger partial charge on any atom is 0.405 e. The lowest BCUT2D eigenvalue weighted by Gasteiger charge is -2.13. The number of hydrogen-bond acceptors (Lipinski definition) is 2. The average Bonchev–Trinajstić information content (AvgIpc) is 2.01. The van der Waals surface area contributed by atoms with E-state index in [-0.39, 0.29) is 0 Å². The monoisotopic (exact) mass is 233 g/mol. The van der Waals surface area contributed by atoms with Crippen molar-refractivity contribution in [3.63, 3.8) is 0 Å². The maximum absolute atomic E-state index is 10.5. The van der Waals surface area contributed by atoms with Crippen LogP contribution in [0.15, 0.2) is 18.2 Å². The molecule has 5 heteroatoms. The van der Waals surface area contributed by atoms with E-state index in [9.17, 15) is 4.79 Å². The summed E-state index contributed by atoms with van der Waals surface area (Å²) in [6.45, 7) is 1.68. The predicted octanol–water partition coefficient (Wildman–Crippen LogP) is 3.15. The van der Waals surface area contributed by atoms with Gasteiger partial charge in [0.25, 0.3) is 0 Å². The number of nitrogens with two attached hydrogens (primary N) is 1. The van der Waals surface area contributed by atoms with E-state index in [1.54, 1.807) is 25.1 Å². The molecule has 1 rings (SSSR count). The van der Waals surface area contributed by atoms with Crippen LogP contribution in [-0.4, -0.2) is 6.09 Å². The third kappa shape index (κ3) is 2.79. The van der Waals surface area contributed by atoms with Crippen LogP contribution >= 0.6 is 23.2 Å². The van der Waals surface area contributed by atoms with E-state index in [1.165, 1.54) is 0 Å². The molecule has 0 saturated heterocycles. The molecule has 1 aromatic carbocycles. The van der Waals surface area contributed by atoms with Crippen molar-refractivity contribution < 1.29 is 9.53 Å². The fraction of sp³-hybridized carbons (Fsp3) is 0.222. The molecule has 0 aliphatic rings. The van der Waals surface area contributed by atoms with E-state index < -0.39 is 12.2 Å². The zero-order chi connectivity index (χ0) is 10.7. The fourth-order valence-corrected chi connectivity index (χ4v) is 1.63. The van der Waals surface area contributed by atoms with Crippen molar-refractivity contribution in [1.29, 1.82) is 0 Å². The first-order valence-electron chi connectivity index (χ1n) is 3.91. The quantitative estimate of drug-likeness (QED) is 0.854. The molecule has 0 heterocycles. The lowest BCUT2D eigenvalue weighted by molar-refractivity contribution is 0.116. The molecule has 0 fully saturated rings. The van der Waals surface area contributed by atoms with Gasteiger partial charge in [0.05, 0.1) is 0 Å². The second-order valence-electron chi connectivity index (χ2n) is 2.74. The van der Waals surface area contributed by atoms with Gasteiger partial charge in [0, 0.05) is 15.6 Å². The van der Waals surface area contributed by atoms with Gasteiger partial charge in [0.1, 0.15) is 6.10 Å². The summed E-state index contributed by atoms with van der Waals surface area (Å²) in [5, 5.41) is 0.983. The van der Waals surface area contributed by atoms with Crippen LogP contribution in [0.3, 0.4) is 0 Å². The minimum absolute atomic E-state index is 0.450. The van der Waals surface area contributed by atoms with Gasteiger partial charge in [-0.1, -0.05) is 29.3 Å². The van der Waals surface area contributed by atoms with Crippen molar-refractivity contribution in [3.8, 4) is 0 Å². The summed E-state index contributed by atoms with van der Waals surface area (Å²) in [5.74, 6) is 0. The third-order valence-corrected chi connectivity index (χ3v) is 2.26. The zero-order valence-electron chi connectivity index (χ0n) is 7.46. The lowest BCUT2D eigenvalue weighted by atomic mass is 10.1. The summed E-state index contributed by atoms with van der Waals surface area (Å²) in [6, 6.07) is 4.95. The summed E-state index contributed by atoms with van der Waals surface area (Å²) in [5.41, 5.74) is 5.56. The van der Waals surface area contributed by atoms with Crippen molar-refractivity contribution in [3.05, 3.63) is 33.8 Å². The van der Waals surface area contributed by atoms with Crippen molar-refractivity contribution >= 4 is 29.3 Å². The first kappa shape index (κ1) is 11.1. The Morgan fingerprint density at radius 3 is 2.64 bits per heavy atom. The van der Waals surface area contributed by atoms with Gasteiger partial charge < -0.3 is 10.5 Å². The van der Waals surface area contributed by atoms with Crippen molar-refractivity contribution in [1.82, 2.24) is 0 Å². The number of carbonyl (C=O) groups excluding carboxylic acids is 1. The molecule has 0 spiro atoms. The van der Waals surface area contributed by atoms with Gasteiger partial charge in [-0.2, -0.15) is 0 Å². The molecular weight excluding hydrogens is 225 g/mol. The maximum atomic E-state index is 10.5. The van der Waals surface area contributed by atoms with E-state index >= 15 is 0 Å². The highest BCUT2D eigenvalue weighted by molar-refractivity contribution is 6.35. The predicted molar refractivity (Wildman–Crippen MR) is 55.5 cm³/mol. The molecule has 2 N–H and O–H groups in total. The molecule has 0 aliphatic carbocycles. The van der Waals surface area contributed by atoms with Gasteiger partial charge in [-0.25, -0.2) is 4.79 Å². The fourth-order valence-electron chi connectivity index (χ4n) is 1.07. The zero-order valence-corrected chi connectivity index (χ0v) is 8.97. The van der Waals surface area contributed by atoms with Gasteiger partial charge in [-0.15, -0.1) is 0 Å². The molecule has 0 saturated carbocycles. The largest absolute Gasteiger partial charge is 0.442 e. The standard InChI is InChI=1S/C9H9Cl2NO2/c1-5(14-9(12)13)7-3-2-6(10)4-8(7)11/h2-5H,1H3,(H2,12,13). The Morgan fingerprint density at radius 2 is 2.14 bits per heavy atom. The van der Waals surface area contributed by atoms with Crippen LogP contribution in [0.25, 0.3) is 0 Å².